The number of amides is 2. The number of nitrogens with one attached hydrogen (secondary N) is 2. The molecule has 2 heterocycles. The van der Waals surface area contributed by atoms with Gasteiger partial charge in [0.2, 0.25) is 11.8 Å². The molecule has 5 fully saturated rings. The van der Waals surface area contributed by atoms with Crippen LogP contribution in [0.15, 0.2) is 6.20 Å². The van der Waals surface area contributed by atoms with Gasteiger partial charge in [0.1, 0.15) is 0 Å². The molecule has 36 heavy (non-hydrogen) atoms. The van der Waals surface area contributed by atoms with E-state index in [4.69, 9.17) is 0 Å². The minimum atomic E-state index is -4.43. The summed E-state index contributed by atoms with van der Waals surface area (Å²) in [4.78, 5) is 32.7. The van der Waals surface area contributed by atoms with Gasteiger partial charge in [0.15, 0.2) is 6.61 Å². The van der Waals surface area contributed by atoms with Crippen LogP contribution in [0.3, 0.4) is 0 Å². The van der Waals surface area contributed by atoms with Crippen molar-refractivity contribution in [1.82, 2.24) is 20.5 Å². The molecule has 4 bridgehead atoms. The predicted molar refractivity (Wildman–Crippen MR) is 128 cm³/mol. The van der Waals surface area contributed by atoms with E-state index in [9.17, 15) is 22.8 Å². The molecule has 1 unspecified atom stereocenters. The zero-order chi connectivity index (χ0) is 25.7. The topological polar surface area (TPSA) is 83.6 Å². The fraction of sp³-hybridized carbons (Fsp3) is 0.800. The summed E-state index contributed by atoms with van der Waals surface area (Å²) in [6, 6.07) is -0.688. The number of alkyl halides is 3. The fourth-order valence-corrected chi connectivity index (χ4v) is 8.00. The average Bonchev–Trinajstić information content (AvgIpc) is 3.45. The van der Waals surface area contributed by atoms with E-state index in [1.165, 1.54) is 25.5 Å². The van der Waals surface area contributed by atoms with Crippen molar-refractivity contribution in [3.8, 4) is 5.19 Å². The van der Waals surface area contributed by atoms with Crippen LogP contribution in [0.2, 0.25) is 0 Å². The van der Waals surface area contributed by atoms with Gasteiger partial charge in [0.25, 0.3) is 5.19 Å². The number of hydrogen-bond donors (Lipinski definition) is 2. The van der Waals surface area contributed by atoms with E-state index in [0.29, 0.717) is 24.4 Å². The molecule has 4 aliphatic carbocycles. The Bertz CT molecular complexity index is 949. The number of hydrogen-bond acceptors (Lipinski definition) is 6. The predicted octanol–water partition coefficient (Wildman–Crippen LogP) is 4.06. The van der Waals surface area contributed by atoms with E-state index in [-0.39, 0.29) is 34.5 Å². The van der Waals surface area contributed by atoms with Gasteiger partial charge in [-0.15, -0.1) is 0 Å². The van der Waals surface area contributed by atoms with E-state index in [2.05, 4.69) is 25.3 Å². The molecule has 1 aliphatic heterocycles. The number of carbonyl (C=O) groups excluding carboxylic acids is 2. The van der Waals surface area contributed by atoms with Crippen LogP contribution in [-0.2, 0) is 9.59 Å². The Labute approximate surface area is 213 Å². The Balaban J connectivity index is 1.10. The summed E-state index contributed by atoms with van der Waals surface area (Å²) in [5.41, 5.74) is -0.0244. The average molecular weight is 529 g/mol. The Morgan fingerprint density at radius 2 is 1.83 bits per heavy atom. The summed E-state index contributed by atoms with van der Waals surface area (Å²) >= 11 is 0.990. The molecular formula is C25H35F3N4O3S. The Morgan fingerprint density at radius 3 is 2.44 bits per heavy atom. The molecule has 0 radical (unpaired) electrons. The molecule has 4 saturated carbocycles. The minimum absolute atomic E-state index is 0.0244. The standard InChI is InChI=1S/C25H35F3N4O3S/c1-14(20-11-29-23(36-20)35-13-25(26,27)28)30-22(34)19-3-4-32(12-19)15(2)21(33)31-24-8-16-5-17(9-24)7-18(6-16)10-24/h11,14-19H,3-10,12-13H2,1-2H3,(H,30,34)(H,31,33)/t14-,15?,16?,17?,18?,19-,24?/m1/s1. The maximum atomic E-state index is 13.2. The zero-order valence-electron chi connectivity index (χ0n) is 20.8. The molecule has 0 aromatic carbocycles. The minimum Gasteiger partial charge on any atom is -0.460 e. The zero-order valence-corrected chi connectivity index (χ0v) is 21.6. The summed E-state index contributed by atoms with van der Waals surface area (Å²) in [6.45, 7) is 3.49. The number of rotatable bonds is 8. The van der Waals surface area contributed by atoms with Crippen molar-refractivity contribution in [1.29, 1.82) is 0 Å². The lowest BCUT2D eigenvalue weighted by molar-refractivity contribution is -0.153. The van der Waals surface area contributed by atoms with E-state index >= 15 is 0 Å². The van der Waals surface area contributed by atoms with E-state index in [1.807, 2.05) is 6.92 Å². The normalized spacial score (nSPS) is 33.4. The van der Waals surface area contributed by atoms with Crippen molar-refractivity contribution in [2.24, 2.45) is 23.7 Å². The Morgan fingerprint density at radius 1 is 1.19 bits per heavy atom. The van der Waals surface area contributed by atoms with Gasteiger partial charge in [-0.05, 0) is 83.1 Å². The third kappa shape index (κ3) is 5.66. The maximum absolute atomic E-state index is 13.2. The molecule has 5 aliphatic rings. The molecule has 2 N–H and O–H groups in total. The first kappa shape index (κ1) is 25.8. The van der Waals surface area contributed by atoms with E-state index in [0.717, 1.165) is 48.4 Å². The van der Waals surface area contributed by atoms with Crippen LogP contribution in [0.4, 0.5) is 13.2 Å². The molecule has 6 rings (SSSR count). The van der Waals surface area contributed by atoms with Crippen molar-refractivity contribution in [2.45, 2.75) is 82.6 Å². The van der Waals surface area contributed by atoms with Crippen LogP contribution in [0.25, 0.3) is 0 Å². The van der Waals surface area contributed by atoms with E-state index < -0.39 is 18.8 Å². The van der Waals surface area contributed by atoms with Gasteiger partial charge >= 0.3 is 6.18 Å². The van der Waals surface area contributed by atoms with Gasteiger partial charge in [0, 0.05) is 18.3 Å². The Hall–Kier alpha value is -1.88. The molecule has 0 spiro atoms. The lowest BCUT2D eigenvalue weighted by Gasteiger charge is -2.57. The first-order chi connectivity index (χ1) is 17.0. The molecule has 1 aromatic heterocycles. The third-order valence-electron chi connectivity index (χ3n) is 8.59. The highest BCUT2D eigenvalue weighted by Crippen LogP contribution is 2.55. The molecule has 2 amide bonds. The summed E-state index contributed by atoms with van der Waals surface area (Å²) in [5.74, 6) is 2.00. The largest absolute Gasteiger partial charge is 0.460 e. The number of likely N-dealkylation sites (tertiary alicyclic amines) is 1. The molecule has 7 nitrogen and oxygen atoms in total. The summed E-state index contributed by atoms with van der Waals surface area (Å²) in [7, 11) is 0. The molecule has 200 valence electrons. The number of halogens is 3. The van der Waals surface area contributed by atoms with Gasteiger partial charge in [0.05, 0.1) is 22.9 Å². The summed E-state index contributed by atoms with van der Waals surface area (Å²) in [5, 5.41) is 6.32. The van der Waals surface area contributed by atoms with Crippen LogP contribution in [-0.4, -0.2) is 59.2 Å². The lowest BCUT2D eigenvalue weighted by Crippen LogP contribution is -2.62. The first-order valence-corrected chi connectivity index (χ1v) is 13.8. The molecule has 3 atom stereocenters. The van der Waals surface area contributed by atoms with Gasteiger partial charge in [-0.1, -0.05) is 11.3 Å². The number of ether oxygens (including phenoxy) is 1. The monoisotopic (exact) mass is 528 g/mol. The molecular weight excluding hydrogens is 493 g/mol. The van der Waals surface area contributed by atoms with Gasteiger partial charge < -0.3 is 15.4 Å². The van der Waals surface area contributed by atoms with Gasteiger partial charge in [-0.3, -0.25) is 14.5 Å². The third-order valence-corrected chi connectivity index (χ3v) is 9.68. The first-order valence-electron chi connectivity index (χ1n) is 13.0. The molecule has 11 heteroatoms. The highest BCUT2D eigenvalue weighted by Gasteiger charge is 2.52. The fourth-order valence-electron chi connectivity index (χ4n) is 7.23. The summed E-state index contributed by atoms with van der Waals surface area (Å²) < 4.78 is 41.7. The van der Waals surface area contributed by atoms with Crippen LogP contribution in [0, 0.1) is 23.7 Å². The number of carbonyl (C=O) groups is 2. The van der Waals surface area contributed by atoms with Crippen molar-refractivity contribution < 1.29 is 27.5 Å². The van der Waals surface area contributed by atoms with Crippen LogP contribution in [0.5, 0.6) is 5.19 Å². The van der Waals surface area contributed by atoms with Crippen molar-refractivity contribution in [2.75, 3.05) is 19.7 Å². The smallest absolute Gasteiger partial charge is 0.422 e. The SMILES string of the molecule is CC(C(=O)NC12CC3CC(CC(C3)C1)C2)N1CC[C@@H](C(=O)N[C@H](C)c2cnc(OCC(F)(F)F)s2)C1. The van der Waals surface area contributed by atoms with E-state index in [1.54, 1.807) is 6.92 Å². The molecule has 1 saturated heterocycles. The second kappa shape index (κ2) is 9.78. The van der Waals surface area contributed by atoms with Gasteiger partial charge in [-0.25, -0.2) is 4.98 Å². The van der Waals surface area contributed by atoms with Crippen molar-refractivity contribution in [3.05, 3.63) is 11.1 Å². The molecule has 1 aromatic rings. The highest BCUT2D eigenvalue weighted by atomic mass is 32.1. The lowest BCUT2D eigenvalue weighted by atomic mass is 9.53. The van der Waals surface area contributed by atoms with Crippen molar-refractivity contribution in [3.63, 3.8) is 0 Å². The van der Waals surface area contributed by atoms with Crippen LogP contribution >= 0.6 is 11.3 Å². The van der Waals surface area contributed by atoms with Crippen LogP contribution < -0.4 is 15.4 Å². The Kier molecular flexibility index (Phi) is 6.99. The number of aromatic nitrogens is 1. The van der Waals surface area contributed by atoms with Crippen molar-refractivity contribution >= 4 is 23.2 Å². The second-order valence-corrected chi connectivity index (χ2v) is 12.5. The summed E-state index contributed by atoms with van der Waals surface area (Å²) in [6.07, 6.45) is 4.99. The maximum Gasteiger partial charge on any atom is 0.422 e. The number of nitrogens with zero attached hydrogens (tertiary/aromatic N) is 2. The number of thiazole rings is 1. The van der Waals surface area contributed by atoms with Crippen LogP contribution in [0.1, 0.15) is 69.7 Å². The second-order valence-electron chi connectivity index (χ2n) is 11.5. The highest BCUT2D eigenvalue weighted by molar-refractivity contribution is 7.13. The van der Waals surface area contributed by atoms with Gasteiger partial charge in [-0.2, -0.15) is 13.2 Å². The quantitative estimate of drug-likeness (QED) is 0.532.